The Kier molecular flexibility index (Phi) is 4.10. The molecule has 1 saturated carbocycles. The fourth-order valence-corrected chi connectivity index (χ4v) is 4.37. The van der Waals surface area contributed by atoms with Crippen LogP contribution >= 0.6 is 0 Å². The van der Waals surface area contributed by atoms with Crippen LogP contribution in [0.5, 0.6) is 0 Å². The first kappa shape index (κ1) is 17.8. The van der Waals surface area contributed by atoms with Crippen LogP contribution in [0.1, 0.15) is 66.6 Å². The minimum atomic E-state index is -4.44. The Labute approximate surface area is 152 Å². The second-order valence-corrected chi connectivity index (χ2v) is 8.47. The number of benzene rings is 1. The van der Waals surface area contributed by atoms with Crippen molar-refractivity contribution >= 4 is 5.91 Å². The van der Waals surface area contributed by atoms with Crippen molar-refractivity contribution in [3.8, 4) is 0 Å². The lowest BCUT2D eigenvalue weighted by atomic mass is 9.93. The van der Waals surface area contributed by atoms with Crippen LogP contribution in [0.2, 0.25) is 0 Å². The fourth-order valence-electron chi connectivity index (χ4n) is 4.37. The van der Waals surface area contributed by atoms with Gasteiger partial charge in [0, 0.05) is 24.7 Å². The van der Waals surface area contributed by atoms with Crippen LogP contribution in [-0.4, -0.2) is 34.8 Å². The summed E-state index contributed by atoms with van der Waals surface area (Å²) < 4.78 is 40.9. The molecule has 2 heterocycles. The molecule has 0 radical (unpaired) electrons. The van der Waals surface area contributed by atoms with Gasteiger partial charge in [-0.1, -0.05) is 0 Å². The van der Waals surface area contributed by atoms with E-state index in [2.05, 4.69) is 4.90 Å². The normalized spacial score (nSPS) is 22.4. The summed E-state index contributed by atoms with van der Waals surface area (Å²) in [7, 11) is 0. The van der Waals surface area contributed by atoms with Crippen LogP contribution in [0.3, 0.4) is 0 Å². The number of carbonyl (C=O) groups is 1. The molecule has 0 unspecified atom stereocenters. The number of carbonyl (C=O) groups excluding carboxylic acids is 1. The van der Waals surface area contributed by atoms with Gasteiger partial charge < -0.3 is 4.90 Å². The molecule has 6 heteroatoms. The Bertz CT molecular complexity index is 727. The molecule has 2 aliphatic heterocycles. The number of amides is 1. The van der Waals surface area contributed by atoms with Crippen molar-refractivity contribution in [2.45, 2.75) is 64.8 Å². The van der Waals surface area contributed by atoms with E-state index in [1.807, 2.05) is 13.8 Å². The Morgan fingerprint density at radius 3 is 2.31 bits per heavy atom. The van der Waals surface area contributed by atoms with Crippen LogP contribution in [-0.2, 0) is 19.3 Å². The molecule has 2 fully saturated rings. The predicted octanol–water partition coefficient (Wildman–Crippen LogP) is 4.45. The first-order valence-electron chi connectivity index (χ1n) is 9.45. The lowest BCUT2D eigenvalue weighted by Crippen LogP contribution is -2.34. The monoisotopic (exact) mass is 366 g/mol. The minimum absolute atomic E-state index is 0.0488. The van der Waals surface area contributed by atoms with Gasteiger partial charge in [0.15, 0.2) is 0 Å². The molecule has 1 aromatic rings. The highest BCUT2D eigenvalue weighted by Crippen LogP contribution is 2.53. The minimum Gasteiger partial charge on any atom is -0.332 e. The van der Waals surface area contributed by atoms with Crippen molar-refractivity contribution in [1.82, 2.24) is 9.80 Å². The van der Waals surface area contributed by atoms with Crippen molar-refractivity contribution in [2.75, 3.05) is 13.1 Å². The number of fused-ring (bicyclic) bond motifs is 1. The third-order valence-corrected chi connectivity index (χ3v) is 6.34. The van der Waals surface area contributed by atoms with Crippen LogP contribution in [0, 0.1) is 5.41 Å². The zero-order chi connectivity index (χ0) is 18.7. The first-order valence-corrected chi connectivity index (χ1v) is 9.45. The number of likely N-dealkylation sites (tertiary alicyclic amines) is 1. The second kappa shape index (κ2) is 5.98. The maximum atomic E-state index is 13.6. The standard InChI is InChI=1S/C20H25F3N2O/c1-13(2)25-12-16-15(18(25)26)9-14(10-17(16)20(21,22)23)11-24-7-5-19(3-4-19)6-8-24/h9-10,13H,3-8,11-12H2,1-2H3. The Balaban J connectivity index is 1.61. The molecule has 0 aromatic heterocycles. The van der Waals surface area contributed by atoms with E-state index < -0.39 is 11.7 Å². The van der Waals surface area contributed by atoms with Crippen LogP contribution in [0.15, 0.2) is 12.1 Å². The quantitative estimate of drug-likeness (QED) is 0.789. The summed E-state index contributed by atoms with van der Waals surface area (Å²) in [4.78, 5) is 16.3. The number of halogens is 3. The summed E-state index contributed by atoms with van der Waals surface area (Å²) in [6, 6.07) is 2.84. The molecule has 3 nitrogen and oxygen atoms in total. The van der Waals surface area contributed by atoms with E-state index in [4.69, 9.17) is 0 Å². The van der Waals surface area contributed by atoms with Gasteiger partial charge in [0.1, 0.15) is 0 Å². The van der Waals surface area contributed by atoms with Crippen LogP contribution in [0.4, 0.5) is 13.2 Å². The molecular formula is C20H25F3N2O. The van der Waals surface area contributed by atoms with Gasteiger partial charge in [-0.05, 0) is 81.3 Å². The van der Waals surface area contributed by atoms with Gasteiger partial charge in [0.05, 0.1) is 5.56 Å². The van der Waals surface area contributed by atoms with Gasteiger partial charge in [-0.25, -0.2) is 0 Å². The molecule has 0 atom stereocenters. The molecule has 1 aromatic carbocycles. The smallest absolute Gasteiger partial charge is 0.332 e. The molecule has 1 spiro atoms. The van der Waals surface area contributed by atoms with Gasteiger partial charge >= 0.3 is 6.18 Å². The number of hydrogen-bond acceptors (Lipinski definition) is 2. The molecule has 1 amide bonds. The van der Waals surface area contributed by atoms with Crippen molar-refractivity contribution in [2.24, 2.45) is 5.41 Å². The summed E-state index contributed by atoms with van der Waals surface area (Å²) in [5, 5.41) is 0. The maximum Gasteiger partial charge on any atom is 0.416 e. The number of rotatable bonds is 3. The van der Waals surface area contributed by atoms with E-state index in [0.717, 1.165) is 25.9 Å². The van der Waals surface area contributed by atoms with Crippen molar-refractivity contribution in [3.05, 3.63) is 34.4 Å². The molecule has 3 aliphatic rings. The predicted molar refractivity (Wildman–Crippen MR) is 92.6 cm³/mol. The van der Waals surface area contributed by atoms with Gasteiger partial charge in [-0.15, -0.1) is 0 Å². The number of piperidine rings is 1. The van der Waals surface area contributed by atoms with Crippen molar-refractivity contribution < 1.29 is 18.0 Å². The highest BCUT2D eigenvalue weighted by molar-refractivity contribution is 5.99. The average molecular weight is 366 g/mol. The summed E-state index contributed by atoms with van der Waals surface area (Å²) in [5.41, 5.74) is 0.868. The van der Waals surface area contributed by atoms with E-state index >= 15 is 0 Å². The third kappa shape index (κ3) is 3.13. The van der Waals surface area contributed by atoms with Crippen LogP contribution < -0.4 is 0 Å². The van der Waals surface area contributed by atoms with Crippen molar-refractivity contribution in [3.63, 3.8) is 0 Å². The van der Waals surface area contributed by atoms with Gasteiger partial charge in [-0.2, -0.15) is 13.2 Å². The SMILES string of the molecule is CC(C)N1Cc2c(cc(CN3CCC4(CC3)CC4)cc2C(F)(F)F)C1=O. The highest BCUT2D eigenvalue weighted by Gasteiger charge is 2.44. The van der Waals surface area contributed by atoms with E-state index in [1.54, 1.807) is 6.07 Å². The van der Waals surface area contributed by atoms with Gasteiger partial charge in [0.2, 0.25) is 0 Å². The summed E-state index contributed by atoms with van der Waals surface area (Å²) >= 11 is 0. The Morgan fingerprint density at radius 1 is 1.12 bits per heavy atom. The zero-order valence-corrected chi connectivity index (χ0v) is 15.3. The second-order valence-electron chi connectivity index (χ2n) is 8.47. The van der Waals surface area contributed by atoms with Gasteiger partial charge in [-0.3, -0.25) is 9.69 Å². The third-order valence-electron chi connectivity index (χ3n) is 6.34. The lowest BCUT2D eigenvalue weighted by molar-refractivity contribution is -0.138. The van der Waals surface area contributed by atoms with Crippen LogP contribution in [0.25, 0.3) is 0 Å². The molecule has 4 rings (SSSR count). The molecule has 1 saturated heterocycles. The average Bonchev–Trinajstić information content (AvgIpc) is 3.24. The number of alkyl halides is 3. The molecule has 1 aliphatic carbocycles. The lowest BCUT2D eigenvalue weighted by Gasteiger charge is -2.32. The molecule has 26 heavy (non-hydrogen) atoms. The number of hydrogen-bond donors (Lipinski definition) is 0. The Hall–Kier alpha value is -1.56. The summed E-state index contributed by atoms with van der Waals surface area (Å²) in [6.07, 6.45) is 0.455. The zero-order valence-electron chi connectivity index (χ0n) is 15.3. The first-order chi connectivity index (χ1) is 12.2. The van der Waals surface area contributed by atoms with Gasteiger partial charge in [0.25, 0.3) is 5.91 Å². The Morgan fingerprint density at radius 2 is 1.77 bits per heavy atom. The van der Waals surface area contributed by atoms with E-state index in [9.17, 15) is 18.0 Å². The molecule has 0 bridgehead atoms. The topological polar surface area (TPSA) is 23.6 Å². The van der Waals surface area contributed by atoms with E-state index in [1.165, 1.54) is 23.8 Å². The largest absolute Gasteiger partial charge is 0.416 e. The highest BCUT2D eigenvalue weighted by atomic mass is 19.4. The van der Waals surface area contributed by atoms with Crippen molar-refractivity contribution in [1.29, 1.82) is 0 Å². The molecular weight excluding hydrogens is 341 g/mol. The maximum absolute atomic E-state index is 13.6. The molecule has 142 valence electrons. The van der Waals surface area contributed by atoms with E-state index in [0.29, 0.717) is 17.5 Å². The van der Waals surface area contributed by atoms with E-state index in [-0.39, 0.29) is 29.6 Å². The fraction of sp³-hybridized carbons (Fsp3) is 0.650. The summed E-state index contributed by atoms with van der Waals surface area (Å²) in [5.74, 6) is -0.280. The summed E-state index contributed by atoms with van der Waals surface area (Å²) in [6.45, 7) is 6.07. The number of nitrogens with zero attached hydrogens (tertiary/aromatic N) is 2. The molecule has 0 N–H and O–H groups in total.